The normalized spacial score (nSPS) is 30.3. The summed E-state index contributed by atoms with van der Waals surface area (Å²) in [6.45, 7) is 9.46. The lowest BCUT2D eigenvalue weighted by Gasteiger charge is -2.39. The minimum absolute atomic E-state index is 0.0368. The van der Waals surface area contributed by atoms with Crippen LogP contribution in [0.2, 0.25) is 0 Å². The van der Waals surface area contributed by atoms with E-state index in [0.29, 0.717) is 54.0 Å². The summed E-state index contributed by atoms with van der Waals surface area (Å²) < 4.78 is 0. The molecule has 0 spiro atoms. The van der Waals surface area contributed by atoms with Crippen molar-refractivity contribution in [1.82, 2.24) is 36.4 Å². The summed E-state index contributed by atoms with van der Waals surface area (Å²) in [6, 6.07) is -0.139. The van der Waals surface area contributed by atoms with E-state index in [0.717, 1.165) is 12.1 Å². The van der Waals surface area contributed by atoms with Crippen molar-refractivity contribution >= 4 is 11.9 Å². The standard InChI is InChI=1S/C19H29N7O2/c1-9(2)15-12-7-26(6-5-13(12)24-25-15)18(27)14-10(3)22-19(28)23-17(14)16-11(4)20-8-21-16/h8-9,12-13,15,17,24-25H,5-7H2,1-4H3,(H,20,21)(H2,22,23,28). The van der Waals surface area contributed by atoms with Crippen molar-refractivity contribution < 1.29 is 9.59 Å². The first-order valence-corrected chi connectivity index (χ1v) is 9.95. The molecule has 9 heteroatoms. The Morgan fingerprint density at radius 2 is 2.07 bits per heavy atom. The highest BCUT2D eigenvalue weighted by Gasteiger charge is 2.44. The third-order valence-electron chi connectivity index (χ3n) is 6.20. The molecule has 28 heavy (non-hydrogen) atoms. The minimum atomic E-state index is -0.550. The number of urea groups is 1. The van der Waals surface area contributed by atoms with E-state index in [2.05, 4.69) is 45.3 Å². The second-order valence-electron chi connectivity index (χ2n) is 8.35. The van der Waals surface area contributed by atoms with E-state index in [1.165, 1.54) is 0 Å². The number of likely N-dealkylation sites (tertiary alicyclic amines) is 1. The van der Waals surface area contributed by atoms with Gasteiger partial charge in [0.25, 0.3) is 5.91 Å². The van der Waals surface area contributed by atoms with Gasteiger partial charge in [0, 0.05) is 42.5 Å². The van der Waals surface area contributed by atoms with Crippen LogP contribution >= 0.6 is 0 Å². The number of aromatic nitrogens is 2. The van der Waals surface area contributed by atoms with Crippen LogP contribution in [0.4, 0.5) is 4.79 Å². The maximum atomic E-state index is 13.6. The zero-order valence-corrected chi connectivity index (χ0v) is 16.8. The number of hydrazine groups is 1. The number of hydrogen-bond acceptors (Lipinski definition) is 5. The number of H-pyrrole nitrogens is 1. The summed E-state index contributed by atoms with van der Waals surface area (Å²) in [5.41, 5.74) is 9.48. The Hall–Kier alpha value is -2.39. The van der Waals surface area contributed by atoms with Crippen LogP contribution in [0.15, 0.2) is 17.6 Å². The zero-order chi connectivity index (χ0) is 20.0. The van der Waals surface area contributed by atoms with E-state index in [1.54, 1.807) is 13.3 Å². The number of hydrogen-bond donors (Lipinski definition) is 5. The van der Waals surface area contributed by atoms with E-state index in [9.17, 15) is 9.59 Å². The van der Waals surface area contributed by atoms with E-state index in [1.807, 2.05) is 11.8 Å². The summed E-state index contributed by atoms with van der Waals surface area (Å²) in [5, 5.41) is 5.62. The minimum Gasteiger partial charge on any atom is -0.348 e. The third kappa shape index (κ3) is 3.18. The van der Waals surface area contributed by atoms with Gasteiger partial charge in [0.15, 0.2) is 0 Å². The first-order valence-electron chi connectivity index (χ1n) is 9.95. The monoisotopic (exact) mass is 387 g/mol. The molecule has 1 aromatic rings. The number of nitrogens with zero attached hydrogens (tertiary/aromatic N) is 2. The van der Waals surface area contributed by atoms with Gasteiger partial charge in [-0.2, -0.15) is 0 Å². The van der Waals surface area contributed by atoms with Crippen LogP contribution in [0.25, 0.3) is 0 Å². The maximum absolute atomic E-state index is 13.6. The van der Waals surface area contributed by atoms with Crippen LogP contribution < -0.4 is 21.5 Å². The van der Waals surface area contributed by atoms with E-state index in [4.69, 9.17) is 0 Å². The highest BCUT2D eigenvalue weighted by molar-refractivity contribution is 5.98. The van der Waals surface area contributed by atoms with Gasteiger partial charge in [0.2, 0.25) is 0 Å². The summed E-state index contributed by atoms with van der Waals surface area (Å²) in [5.74, 6) is 0.814. The van der Waals surface area contributed by atoms with Gasteiger partial charge in [-0.25, -0.2) is 9.78 Å². The largest absolute Gasteiger partial charge is 0.348 e. The van der Waals surface area contributed by atoms with Gasteiger partial charge < -0.3 is 20.5 Å². The van der Waals surface area contributed by atoms with Gasteiger partial charge in [0.05, 0.1) is 17.6 Å². The molecule has 0 radical (unpaired) electrons. The molecular weight excluding hydrogens is 358 g/mol. The number of aryl methyl sites for hydroxylation is 1. The topological polar surface area (TPSA) is 114 Å². The molecule has 0 saturated carbocycles. The van der Waals surface area contributed by atoms with Crippen LogP contribution in [0, 0.1) is 18.8 Å². The molecule has 0 aromatic carbocycles. The zero-order valence-electron chi connectivity index (χ0n) is 16.8. The molecule has 3 aliphatic heterocycles. The second-order valence-corrected chi connectivity index (χ2v) is 8.35. The number of rotatable bonds is 3. The van der Waals surface area contributed by atoms with Gasteiger partial charge in [-0.15, -0.1) is 0 Å². The Kier molecular flexibility index (Phi) is 4.88. The van der Waals surface area contributed by atoms with Crippen LogP contribution in [0.1, 0.15) is 44.6 Å². The molecule has 4 atom stereocenters. The highest BCUT2D eigenvalue weighted by atomic mass is 16.2. The Morgan fingerprint density at radius 1 is 1.29 bits per heavy atom. The fraction of sp³-hybridized carbons (Fsp3) is 0.632. The lowest BCUT2D eigenvalue weighted by Crippen LogP contribution is -2.53. The lowest BCUT2D eigenvalue weighted by atomic mass is 9.83. The van der Waals surface area contributed by atoms with Crippen molar-refractivity contribution in [2.45, 2.75) is 52.2 Å². The number of carbonyl (C=O) groups is 2. The van der Waals surface area contributed by atoms with Crippen LogP contribution in [-0.2, 0) is 4.79 Å². The van der Waals surface area contributed by atoms with Gasteiger partial charge in [-0.05, 0) is 26.2 Å². The molecule has 9 nitrogen and oxygen atoms in total. The SMILES string of the molecule is CC1=C(C(=O)N2CCC3NNC(C(C)C)C3C2)C(c2nc[nH]c2C)NC(=O)N1. The maximum Gasteiger partial charge on any atom is 0.319 e. The number of imidazole rings is 1. The molecule has 4 heterocycles. The second kappa shape index (κ2) is 7.21. The summed E-state index contributed by atoms with van der Waals surface area (Å²) in [6.07, 6.45) is 2.50. The Balaban J connectivity index is 1.61. The summed E-state index contributed by atoms with van der Waals surface area (Å²) in [4.78, 5) is 34.9. The van der Waals surface area contributed by atoms with Crippen molar-refractivity contribution in [3.05, 3.63) is 29.0 Å². The van der Waals surface area contributed by atoms with Crippen molar-refractivity contribution in [2.24, 2.45) is 11.8 Å². The quantitative estimate of drug-likeness (QED) is 0.524. The van der Waals surface area contributed by atoms with E-state index in [-0.39, 0.29) is 11.9 Å². The molecule has 3 amide bonds. The molecule has 4 rings (SSSR count). The Morgan fingerprint density at radius 3 is 2.75 bits per heavy atom. The molecule has 5 N–H and O–H groups in total. The van der Waals surface area contributed by atoms with E-state index >= 15 is 0 Å². The molecule has 0 aliphatic carbocycles. The number of piperidine rings is 1. The number of fused-ring (bicyclic) bond motifs is 1. The average Bonchev–Trinajstić information content (AvgIpc) is 3.25. The third-order valence-corrected chi connectivity index (χ3v) is 6.20. The highest BCUT2D eigenvalue weighted by Crippen LogP contribution is 2.32. The average molecular weight is 387 g/mol. The van der Waals surface area contributed by atoms with Crippen LogP contribution in [0.5, 0.6) is 0 Å². The van der Waals surface area contributed by atoms with Gasteiger partial charge in [-0.3, -0.25) is 15.6 Å². The molecule has 4 unspecified atom stereocenters. The molecule has 2 saturated heterocycles. The number of allylic oxidation sites excluding steroid dienone is 1. The predicted octanol–water partition coefficient (Wildman–Crippen LogP) is 0.696. The Bertz CT molecular complexity index is 815. The molecule has 0 bridgehead atoms. The van der Waals surface area contributed by atoms with Crippen molar-refractivity contribution in [3.63, 3.8) is 0 Å². The van der Waals surface area contributed by atoms with Gasteiger partial charge in [0.1, 0.15) is 6.04 Å². The van der Waals surface area contributed by atoms with Crippen molar-refractivity contribution in [3.8, 4) is 0 Å². The van der Waals surface area contributed by atoms with Gasteiger partial charge >= 0.3 is 6.03 Å². The number of nitrogens with one attached hydrogen (secondary N) is 5. The van der Waals surface area contributed by atoms with Crippen LogP contribution in [0.3, 0.4) is 0 Å². The van der Waals surface area contributed by atoms with Crippen molar-refractivity contribution in [2.75, 3.05) is 13.1 Å². The molecule has 152 valence electrons. The smallest absolute Gasteiger partial charge is 0.319 e. The predicted molar refractivity (Wildman–Crippen MR) is 104 cm³/mol. The number of aromatic amines is 1. The van der Waals surface area contributed by atoms with E-state index < -0.39 is 6.04 Å². The number of amides is 3. The fourth-order valence-electron chi connectivity index (χ4n) is 4.69. The Labute approximate surface area is 164 Å². The first kappa shape index (κ1) is 18.9. The molecular formula is C19H29N7O2. The molecule has 3 aliphatic rings. The lowest BCUT2D eigenvalue weighted by molar-refractivity contribution is -0.129. The molecule has 1 aromatic heterocycles. The van der Waals surface area contributed by atoms with Gasteiger partial charge in [-0.1, -0.05) is 13.8 Å². The van der Waals surface area contributed by atoms with Crippen LogP contribution in [-0.4, -0.2) is 52.0 Å². The van der Waals surface area contributed by atoms with Crippen molar-refractivity contribution in [1.29, 1.82) is 0 Å². The summed E-state index contributed by atoms with van der Waals surface area (Å²) >= 11 is 0. The summed E-state index contributed by atoms with van der Waals surface area (Å²) in [7, 11) is 0. The number of carbonyl (C=O) groups excluding carboxylic acids is 2. The fourth-order valence-corrected chi connectivity index (χ4v) is 4.69. The first-order chi connectivity index (χ1) is 13.4. The molecule has 2 fully saturated rings.